The van der Waals surface area contributed by atoms with Gasteiger partial charge in [0, 0.05) is 38.1 Å². The van der Waals surface area contributed by atoms with Crippen molar-refractivity contribution in [3.63, 3.8) is 0 Å². The van der Waals surface area contributed by atoms with E-state index in [9.17, 15) is 4.39 Å². The number of hydrogen-bond donors (Lipinski definition) is 2. The molecule has 0 spiro atoms. The Morgan fingerprint density at radius 2 is 2.12 bits per heavy atom. The molecule has 5 nitrogen and oxygen atoms in total. The first-order valence-electron chi connectivity index (χ1n) is 7.96. The minimum atomic E-state index is -0.224. The van der Waals surface area contributed by atoms with Gasteiger partial charge in [-0.2, -0.15) is 11.3 Å². The Balaban J connectivity index is 1.65. The molecule has 0 amide bonds. The molecule has 0 aliphatic carbocycles. The summed E-state index contributed by atoms with van der Waals surface area (Å²) in [6.45, 7) is 4.01. The van der Waals surface area contributed by atoms with Crippen LogP contribution in [-0.2, 0) is 6.54 Å². The van der Waals surface area contributed by atoms with Gasteiger partial charge in [0.1, 0.15) is 18.0 Å². The van der Waals surface area contributed by atoms with E-state index < -0.39 is 0 Å². The Hall–Kier alpha value is -2.25. The molecule has 0 saturated carbocycles. The number of nitrogens with zero attached hydrogens (tertiary/aromatic N) is 3. The van der Waals surface area contributed by atoms with Crippen LogP contribution in [0.15, 0.2) is 35.3 Å². The van der Waals surface area contributed by atoms with Gasteiger partial charge < -0.3 is 15.5 Å². The largest absolute Gasteiger partial charge is 0.367 e. The highest BCUT2D eigenvalue weighted by molar-refractivity contribution is 7.07. The van der Waals surface area contributed by atoms with Gasteiger partial charge in [0.2, 0.25) is 0 Å². The number of thiophene rings is 1. The van der Waals surface area contributed by atoms with E-state index in [4.69, 9.17) is 0 Å². The van der Waals surface area contributed by atoms with Crippen molar-refractivity contribution in [1.82, 2.24) is 15.3 Å². The van der Waals surface area contributed by atoms with Gasteiger partial charge in [-0.1, -0.05) is 0 Å². The van der Waals surface area contributed by atoms with Gasteiger partial charge in [-0.25, -0.2) is 14.4 Å². The summed E-state index contributed by atoms with van der Waals surface area (Å²) in [4.78, 5) is 10.7. The highest BCUT2D eigenvalue weighted by Crippen LogP contribution is 2.28. The summed E-state index contributed by atoms with van der Waals surface area (Å²) >= 11 is 1.66. The van der Waals surface area contributed by atoms with Crippen LogP contribution in [0.25, 0.3) is 10.9 Å². The zero-order valence-electron chi connectivity index (χ0n) is 13.1. The van der Waals surface area contributed by atoms with Crippen molar-refractivity contribution >= 4 is 33.7 Å². The van der Waals surface area contributed by atoms with Gasteiger partial charge in [-0.15, -0.1) is 0 Å². The summed E-state index contributed by atoms with van der Waals surface area (Å²) in [6, 6.07) is 5.43. The van der Waals surface area contributed by atoms with Crippen LogP contribution >= 0.6 is 11.3 Å². The predicted octanol–water partition coefficient (Wildman–Crippen LogP) is 2.85. The van der Waals surface area contributed by atoms with Crippen LogP contribution in [-0.4, -0.2) is 36.1 Å². The minimum Gasteiger partial charge on any atom is -0.367 e. The highest BCUT2D eigenvalue weighted by atomic mass is 32.1. The zero-order chi connectivity index (χ0) is 16.4. The third-order valence-electron chi connectivity index (χ3n) is 4.20. The molecule has 24 heavy (non-hydrogen) atoms. The third-order valence-corrected chi connectivity index (χ3v) is 4.93. The van der Waals surface area contributed by atoms with E-state index in [-0.39, 0.29) is 5.82 Å². The van der Waals surface area contributed by atoms with E-state index in [1.165, 1.54) is 11.9 Å². The molecule has 3 aromatic rings. The second-order valence-electron chi connectivity index (χ2n) is 5.77. The smallest absolute Gasteiger partial charge is 0.147 e. The van der Waals surface area contributed by atoms with Crippen molar-refractivity contribution in [3.8, 4) is 0 Å². The van der Waals surface area contributed by atoms with Gasteiger partial charge in [-0.3, -0.25) is 0 Å². The fourth-order valence-electron chi connectivity index (χ4n) is 2.93. The number of nitrogens with one attached hydrogen (secondary N) is 2. The molecule has 7 heteroatoms. The van der Waals surface area contributed by atoms with Gasteiger partial charge in [0.25, 0.3) is 0 Å². The minimum absolute atomic E-state index is 0.224. The Morgan fingerprint density at radius 1 is 1.25 bits per heavy atom. The number of halogens is 1. The Morgan fingerprint density at radius 3 is 2.92 bits per heavy atom. The molecule has 1 fully saturated rings. The maximum absolute atomic E-state index is 14.7. The van der Waals surface area contributed by atoms with Gasteiger partial charge in [0.15, 0.2) is 0 Å². The van der Waals surface area contributed by atoms with Gasteiger partial charge >= 0.3 is 0 Å². The van der Waals surface area contributed by atoms with Crippen LogP contribution in [0.5, 0.6) is 0 Å². The van der Waals surface area contributed by atoms with Crippen molar-refractivity contribution < 1.29 is 4.39 Å². The topological polar surface area (TPSA) is 53.1 Å². The van der Waals surface area contributed by atoms with Crippen LogP contribution in [0.2, 0.25) is 0 Å². The van der Waals surface area contributed by atoms with Crippen molar-refractivity contribution in [3.05, 3.63) is 46.7 Å². The van der Waals surface area contributed by atoms with E-state index in [1.54, 1.807) is 17.4 Å². The third kappa shape index (κ3) is 3.05. The molecule has 2 N–H and O–H groups in total. The van der Waals surface area contributed by atoms with E-state index >= 15 is 0 Å². The van der Waals surface area contributed by atoms with Crippen molar-refractivity contribution in [2.24, 2.45) is 0 Å². The number of fused-ring (bicyclic) bond motifs is 1. The lowest BCUT2D eigenvalue weighted by Gasteiger charge is -2.29. The number of aromatic nitrogens is 2. The molecule has 1 saturated heterocycles. The summed E-state index contributed by atoms with van der Waals surface area (Å²) in [6.07, 6.45) is 1.53. The van der Waals surface area contributed by atoms with Crippen molar-refractivity contribution in [2.75, 3.05) is 36.4 Å². The van der Waals surface area contributed by atoms with Crippen molar-refractivity contribution in [2.45, 2.75) is 6.54 Å². The number of piperazine rings is 1. The first-order chi connectivity index (χ1) is 11.8. The molecule has 0 atom stereocenters. The van der Waals surface area contributed by atoms with Crippen LogP contribution in [0.4, 0.5) is 15.9 Å². The van der Waals surface area contributed by atoms with Crippen LogP contribution in [0.3, 0.4) is 0 Å². The molecule has 124 valence electrons. The van der Waals surface area contributed by atoms with E-state index in [1.807, 2.05) is 11.4 Å². The van der Waals surface area contributed by atoms with E-state index in [2.05, 4.69) is 36.9 Å². The summed E-state index contributed by atoms with van der Waals surface area (Å²) in [5, 5.41) is 11.4. The molecule has 1 aliphatic rings. The second-order valence-corrected chi connectivity index (χ2v) is 6.55. The van der Waals surface area contributed by atoms with Crippen molar-refractivity contribution in [1.29, 1.82) is 0 Å². The quantitative estimate of drug-likeness (QED) is 0.763. The Labute approximate surface area is 143 Å². The molecule has 4 rings (SSSR count). The van der Waals surface area contributed by atoms with E-state index in [0.717, 1.165) is 31.7 Å². The number of rotatable bonds is 4. The first kappa shape index (κ1) is 15.3. The van der Waals surface area contributed by atoms with Crippen LogP contribution < -0.4 is 15.5 Å². The second kappa shape index (κ2) is 6.70. The Kier molecular flexibility index (Phi) is 4.27. The fraction of sp³-hybridized carbons (Fsp3) is 0.294. The van der Waals surface area contributed by atoms with E-state index in [0.29, 0.717) is 23.4 Å². The summed E-state index contributed by atoms with van der Waals surface area (Å²) in [7, 11) is 0. The molecule has 0 radical (unpaired) electrons. The molecular formula is C17H18FN5S. The molecule has 0 bridgehead atoms. The molecule has 1 aliphatic heterocycles. The molecular weight excluding hydrogens is 325 g/mol. The zero-order valence-corrected chi connectivity index (χ0v) is 13.9. The average Bonchev–Trinajstić information content (AvgIpc) is 3.14. The maximum atomic E-state index is 14.7. The predicted molar refractivity (Wildman–Crippen MR) is 96.2 cm³/mol. The lowest BCUT2D eigenvalue weighted by Crippen LogP contribution is -2.43. The summed E-state index contributed by atoms with van der Waals surface area (Å²) < 4.78 is 14.7. The molecule has 1 aromatic carbocycles. The lowest BCUT2D eigenvalue weighted by atomic mass is 10.1. The number of anilines is 2. The average molecular weight is 343 g/mol. The maximum Gasteiger partial charge on any atom is 0.147 e. The SMILES string of the molecule is Fc1cc2c(NCc3ccsc3)ncnc2cc1N1CCNCC1. The standard InChI is InChI=1S/C17H18FN5S/c18-14-7-13-15(8-16(14)23-4-2-19-3-5-23)21-11-22-17(13)20-9-12-1-6-24-10-12/h1,6-8,10-11,19H,2-5,9H2,(H,20,21,22). The van der Waals surface area contributed by atoms with Gasteiger partial charge in [0.05, 0.1) is 11.2 Å². The lowest BCUT2D eigenvalue weighted by molar-refractivity contribution is 0.567. The molecule has 0 unspecified atom stereocenters. The normalized spacial score (nSPS) is 15.0. The van der Waals surface area contributed by atoms with Crippen LogP contribution in [0, 0.1) is 5.82 Å². The number of benzene rings is 1. The fourth-order valence-corrected chi connectivity index (χ4v) is 3.60. The molecule has 2 aromatic heterocycles. The Bertz CT molecular complexity index is 830. The first-order valence-corrected chi connectivity index (χ1v) is 8.90. The molecule has 3 heterocycles. The number of hydrogen-bond acceptors (Lipinski definition) is 6. The summed E-state index contributed by atoms with van der Waals surface area (Å²) in [5.41, 5.74) is 2.56. The monoisotopic (exact) mass is 343 g/mol. The van der Waals surface area contributed by atoms with Crippen LogP contribution in [0.1, 0.15) is 5.56 Å². The summed E-state index contributed by atoms with van der Waals surface area (Å²) in [5.74, 6) is 0.440. The van der Waals surface area contributed by atoms with Gasteiger partial charge in [-0.05, 0) is 34.5 Å². The highest BCUT2D eigenvalue weighted by Gasteiger charge is 2.17.